The van der Waals surface area contributed by atoms with Crippen LogP contribution in [-0.2, 0) is 0 Å². The van der Waals surface area contributed by atoms with Crippen molar-refractivity contribution >= 4 is 35.6 Å². The van der Waals surface area contributed by atoms with E-state index in [4.69, 9.17) is 0 Å². The molecular weight excluding hydrogens is 491 g/mol. The number of benzene rings is 1. The van der Waals surface area contributed by atoms with Crippen molar-refractivity contribution in [3.05, 3.63) is 24.3 Å². The van der Waals surface area contributed by atoms with Gasteiger partial charge in [0.2, 0.25) is 0 Å². The summed E-state index contributed by atoms with van der Waals surface area (Å²) in [5, 5.41) is 6.91. The zero-order valence-electron chi connectivity index (χ0n) is 17.1. The molecule has 0 amide bonds. The van der Waals surface area contributed by atoms with Gasteiger partial charge in [0.1, 0.15) is 5.75 Å². The molecule has 0 saturated carbocycles. The number of nitrogens with one attached hydrogen (secondary N) is 2. The van der Waals surface area contributed by atoms with Crippen LogP contribution in [0.3, 0.4) is 0 Å². The summed E-state index contributed by atoms with van der Waals surface area (Å²) in [6.07, 6.45) is 2.13. The van der Waals surface area contributed by atoms with Crippen molar-refractivity contribution in [2.24, 2.45) is 10.9 Å². The highest BCUT2D eigenvalue weighted by atomic mass is 127. The lowest BCUT2D eigenvalue weighted by Gasteiger charge is -2.23. The highest BCUT2D eigenvalue weighted by molar-refractivity contribution is 14.0. The van der Waals surface area contributed by atoms with Gasteiger partial charge in [0, 0.05) is 39.3 Å². The van der Waals surface area contributed by atoms with E-state index in [1.54, 1.807) is 19.2 Å². The highest BCUT2D eigenvalue weighted by Gasteiger charge is 2.26. The molecule has 0 spiro atoms. The van der Waals surface area contributed by atoms with Gasteiger partial charge in [0.25, 0.3) is 0 Å². The lowest BCUT2D eigenvalue weighted by molar-refractivity contribution is -0.0495. The third kappa shape index (κ3) is 6.84. The molecule has 6 nitrogen and oxygen atoms in total. The molecule has 0 aliphatic carbocycles. The number of rotatable bonds is 7. The van der Waals surface area contributed by atoms with Gasteiger partial charge in [-0.15, -0.1) is 24.0 Å². The summed E-state index contributed by atoms with van der Waals surface area (Å²) in [4.78, 5) is 8.90. The molecule has 2 heterocycles. The van der Waals surface area contributed by atoms with Gasteiger partial charge in [0.15, 0.2) is 5.96 Å². The fourth-order valence-corrected chi connectivity index (χ4v) is 4.01. The minimum atomic E-state index is -2.82. The summed E-state index contributed by atoms with van der Waals surface area (Å²) in [5.41, 5.74) is 0.709. The zero-order valence-corrected chi connectivity index (χ0v) is 19.4. The largest absolute Gasteiger partial charge is 0.433 e. The Morgan fingerprint density at radius 1 is 1.24 bits per heavy atom. The Bertz CT molecular complexity index is 664. The number of guanidine groups is 1. The first-order valence-corrected chi connectivity index (χ1v) is 10.1. The number of alkyl halides is 2. The van der Waals surface area contributed by atoms with Gasteiger partial charge in [0.05, 0.1) is 5.69 Å². The average Bonchev–Trinajstić information content (AvgIpc) is 3.34. The molecule has 1 aromatic rings. The number of nitrogens with zero attached hydrogens (tertiary/aromatic N) is 3. The summed E-state index contributed by atoms with van der Waals surface area (Å²) in [7, 11) is 1.78. The molecule has 2 atom stereocenters. The molecule has 2 fully saturated rings. The quantitative estimate of drug-likeness (QED) is 0.327. The van der Waals surface area contributed by atoms with Crippen LogP contribution in [-0.4, -0.2) is 69.8 Å². The number of hydrogen-bond donors (Lipinski definition) is 2. The lowest BCUT2D eigenvalue weighted by atomic mass is 10.1. The Labute approximate surface area is 189 Å². The maximum Gasteiger partial charge on any atom is 0.387 e. The number of ether oxygens (including phenoxy) is 1. The van der Waals surface area contributed by atoms with E-state index in [1.807, 2.05) is 12.1 Å². The molecule has 2 saturated heterocycles. The Kier molecular flexibility index (Phi) is 9.67. The van der Waals surface area contributed by atoms with E-state index >= 15 is 0 Å². The van der Waals surface area contributed by atoms with Crippen molar-refractivity contribution in [3.8, 4) is 5.75 Å². The van der Waals surface area contributed by atoms with E-state index in [2.05, 4.69) is 37.1 Å². The monoisotopic (exact) mass is 523 g/mol. The number of halogens is 3. The first kappa shape index (κ1) is 23.9. The zero-order chi connectivity index (χ0) is 19.9. The van der Waals surface area contributed by atoms with E-state index in [0.717, 1.165) is 45.1 Å². The number of aliphatic imine (C=N–C) groups is 1. The Morgan fingerprint density at radius 3 is 2.72 bits per heavy atom. The molecular formula is C20H32F2IN5O. The Balaban J connectivity index is 0.00000300. The van der Waals surface area contributed by atoms with Crippen molar-refractivity contribution in [1.82, 2.24) is 15.5 Å². The first-order valence-electron chi connectivity index (χ1n) is 10.1. The number of para-hydroxylation sites is 2. The molecule has 2 N–H and O–H groups in total. The van der Waals surface area contributed by atoms with Crippen LogP contribution in [0, 0.1) is 5.92 Å². The van der Waals surface area contributed by atoms with Crippen molar-refractivity contribution in [2.75, 3.05) is 51.2 Å². The minimum absolute atomic E-state index is 0. The van der Waals surface area contributed by atoms with Gasteiger partial charge in [-0.2, -0.15) is 8.78 Å². The van der Waals surface area contributed by atoms with Crippen molar-refractivity contribution < 1.29 is 13.5 Å². The van der Waals surface area contributed by atoms with Crippen LogP contribution in [0.5, 0.6) is 5.75 Å². The molecule has 2 aliphatic heterocycles. The summed E-state index contributed by atoms with van der Waals surface area (Å²) >= 11 is 0. The second-order valence-corrected chi connectivity index (χ2v) is 7.42. The molecule has 3 rings (SSSR count). The van der Waals surface area contributed by atoms with Crippen molar-refractivity contribution in [3.63, 3.8) is 0 Å². The van der Waals surface area contributed by atoms with Crippen LogP contribution >= 0.6 is 24.0 Å². The SMILES string of the molecule is CCN1CCC(CNC(=NC)NC2CCN(c3ccccc3OC(F)F)C2)C1.I. The number of likely N-dealkylation sites (tertiary alicyclic amines) is 1. The third-order valence-electron chi connectivity index (χ3n) is 5.55. The van der Waals surface area contributed by atoms with Crippen LogP contribution in [0.25, 0.3) is 0 Å². The minimum Gasteiger partial charge on any atom is -0.433 e. The molecule has 29 heavy (non-hydrogen) atoms. The second-order valence-electron chi connectivity index (χ2n) is 7.42. The summed E-state index contributed by atoms with van der Waals surface area (Å²) in [5.74, 6) is 1.68. The van der Waals surface area contributed by atoms with Gasteiger partial charge in [-0.1, -0.05) is 19.1 Å². The topological polar surface area (TPSA) is 52.1 Å². The van der Waals surface area contributed by atoms with Gasteiger partial charge < -0.3 is 25.2 Å². The van der Waals surface area contributed by atoms with Crippen LogP contribution in [0.4, 0.5) is 14.5 Å². The average molecular weight is 523 g/mol. The van der Waals surface area contributed by atoms with Crippen LogP contribution in [0.15, 0.2) is 29.3 Å². The van der Waals surface area contributed by atoms with E-state index in [9.17, 15) is 8.78 Å². The van der Waals surface area contributed by atoms with Gasteiger partial charge in [-0.3, -0.25) is 4.99 Å². The maximum atomic E-state index is 12.7. The first-order chi connectivity index (χ1) is 13.6. The molecule has 2 aliphatic rings. The summed E-state index contributed by atoms with van der Waals surface area (Å²) < 4.78 is 30.0. The smallest absolute Gasteiger partial charge is 0.387 e. The van der Waals surface area contributed by atoms with Crippen LogP contribution in [0.1, 0.15) is 19.8 Å². The van der Waals surface area contributed by atoms with Crippen LogP contribution < -0.4 is 20.3 Å². The predicted molar refractivity (Wildman–Crippen MR) is 124 cm³/mol. The Hall–Kier alpha value is -1.36. The van der Waals surface area contributed by atoms with Gasteiger partial charge in [-0.05, 0) is 44.0 Å². The molecule has 1 aromatic carbocycles. The fraction of sp³-hybridized carbons (Fsp3) is 0.650. The molecule has 164 valence electrons. The van der Waals surface area contributed by atoms with E-state index in [-0.39, 0.29) is 35.8 Å². The molecule has 9 heteroatoms. The predicted octanol–water partition coefficient (Wildman–Crippen LogP) is 2.99. The normalized spacial score (nSPS) is 22.7. The third-order valence-corrected chi connectivity index (χ3v) is 5.55. The number of hydrogen-bond acceptors (Lipinski definition) is 4. The van der Waals surface area contributed by atoms with Crippen molar-refractivity contribution in [2.45, 2.75) is 32.4 Å². The molecule has 0 radical (unpaired) electrons. The van der Waals surface area contributed by atoms with E-state index < -0.39 is 6.61 Å². The fourth-order valence-electron chi connectivity index (χ4n) is 4.01. The van der Waals surface area contributed by atoms with E-state index in [0.29, 0.717) is 11.6 Å². The second kappa shape index (κ2) is 11.7. The van der Waals surface area contributed by atoms with Gasteiger partial charge >= 0.3 is 6.61 Å². The van der Waals surface area contributed by atoms with Crippen LogP contribution in [0.2, 0.25) is 0 Å². The molecule has 2 unspecified atom stereocenters. The number of anilines is 1. The highest BCUT2D eigenvalue weighted by Crippen LogP contribution is 2.31. The maximum absolute atomic E-state index is 12.7. The molecule has 0 aromatic heterocycles. The summed E-state index contributed by atoms with van der Waals surface area (Å²) in [6.45, 7) is 5.22. The standard InChI is InChI=1S/C20H31F2N5O.HI/c1-3-26-10-8-15(13-26)12-24-20(23-2)25-16-9-11-27(14-16)17-6-4-5-7-18(17)28-19(21)22;/h4-7,15-16,19H,3,8-14H2,1-2H3,(H2,23,24,25);1H. The Morgan fingerprint density at radius 2 is 2.03 bits per heavy atom. The van der Waals surface area contributed by atoms with Gasteiger partial charge in [-0.25, -0.2) is 0 Å². The van der Waals surface area contributed by atoms with Crippen molar-refractivity contribution in [1.29, 1.82) is 0 Å². The lowest BCUT2D eigenvalue weighted by Crippen LogP contribution is -2.46. The molecule has 0 bridgehead atoms. The summed E-state index contributed by atoms with van der Waals surface area (Å²) in [6, 6.07) is 7.18. The van der Waals surface area contributed by atoms with E-state index in [1.165, 1.54) is 13.0 Å².